The van der Waals surface area contributed by atoms with Crippen molar-refractivity contribution in [1.29, 1.82) is 0 Å². The van der Waals surface area contributed by atoms with E-state index in [2.05, 4.69) is 10.3 Å². The number of carbonyl (C=O) groups is 1. The summed E-state index contributed by atoms with van der Waals surface area (Å²) in [5.74, 6) is 0.399. The van der Waals surface area contributed by atoms with E-state index in [9.17, 15) is 4.79 Å². The zero-order chi connectivity index (χ0) is 15.3. The Hall–Kier alpha value is -2.14. The fourth-order valence-electron chi connectivity index (χ4n) is 2.25. The lowest BCUT2D eigenvalue weighted by Crippen LogP contribution is -2.53. The molecule has 0 aliphatic heterocycles. The van der Waals surface area contributed by atoms with Gasteiger partial charge in [0.05, 0.1) is 17.7 Å². The molecular weight excluding hydrogens is 266 g/mol. The van der Waals surface area contributed by atoms with Crippen LogP contribution in [0.4, 0.5) is 0 Å². The summed E-state index contributed by atoms with van der Waals surface area (Å²) in [5, 5.41) is 4.08. The standard InChI is InChI=1S/C16H21N3O2/c1-3-19-16(2,15(17)20)9-11-21-14-8-4-7-13-12(14)6-5-10-18-13/h4-8,10,19H,3,9,11H2,1-2H3,(H2,17,20). The largest absolute Gasteiger partial charge is 0.493 e. The molecule has 21 heavy (non-hydrogen) atoms. The molecule has 0 aliphatic carbocycles. The van der Waals surface area contributed by atoms with Crippen LogP contribution in [0.15, 0.2) is 36.5 Å². The first kappa shape index (κ1) is 15.3. The van der Waals surface area contributed by atoms with Crippen molar-refractivity contribution in [2.24, 2.45) is 5.73 Å². The number of likely N-dealkylation sites (N-methyl/N-ethyl adjacent to an activating group) is 1. The molecule has 3 N–H and O–H groups in total. The summed E-state index contributed by atoms with van der Waals surface area (Å²) in [4.78, 5) is 15.8. The molecule has 0 fully saturated rings. The first-order valence-corrected chi connectivity index (χ1v) is 7.08. The molecule has 112 valence electrons. The van der Waals surface area contributed by atoms with Crippen molar-refractivity contribution in [2.75, 3.05) is 13.2 Å². The van der Waals surface area contributed by atoms with Crippen molar-refractivity contribution in [2.45, 2.75) is 25.8 Å². The third-order valence-electron chi connectivity index (χ3n) is 3.58. The van der Waals surface area contributed by atoms with Crippen molar-refractivity contribution in [3.8, 4) is 5.75 Å². The predicted molar refractivity (Wildman–Crippen MR) is 83.1 cm³/mol. The highest BCUT2D eigenvalue weighted by atomic mass is 16.5. The van der Waals surface area contributed by atoms with E-state index in [0.717, 1.165) is 16.7 Å². The molecule has 1 amide bonds. The first-order valence-electron chi connectivity index (χ1n) is 7.08. The van der Waals surface area contributed by atoms with Gasteiger partial charge in [0.15, 0.2) is 0 Å². The number of pyridine rings is 1. The number of aromatic nitrogens is 1. The van der Waals surface area contributed by atoms with Gasteiger partial charge in [0.25, 0.3) is 0 Å². The smallest absolute Gasteiger partial charge is 0.237 e. The molecule has 0 saturated heterocycles. The molecule has 1 unspecified atom stereocenters. The normalized spacial score (nSPS) is 13.8. The first-order chi connectivity index (χ1) is 10.1. The summed E-state index contributed by atoms with van der Waals surface area (Å²) in [6.45, 7) is 4.82. The van der Waals surface area contributed by atoms with E-state index in [0.29, 0.717) is 19.6 Å². The number of ether oxygens (including phenoxy) is 1. The maximum atomic E-state index is 11.6. The van der Waals surface area contributed by atoms with Crippen LogP contribution in [-0.2, 0) is 4.79 Å². The zero-order valence-electron chi connectivity index (χ0n) is 12.4. The summed E-state index contributed by atoms with van der Waals surface area (Å²) < 4.78 is 5.82. The molecule has 1 aromatic carbocycles. The Balaban J connectivity index is 2.07. The van der Waals surface area contributed by atoms with Crippen LogP contribution in [0.3, 0.4) is 0 Å². The third-order valence-corrected chi connectivity index (χ3v) is 3.58. The molecule has 1 aromatic heterocycles. The molecule has 0 bridgehead atoms. The number of primary amides is 1. The average molecular weight is 287 g/mol. The highest BCUT2D eigenvalue weighted by Crippen LogP contribution is 2.24. The van der Waals surface area contributed by atoms with Gasteiger partial charge >= 0.3 is 0 Å². The molecule has 5 nitrogen and oxygen atoms in total. The third kappa shape index (κ3) is 3.49. The van der Waals surface area contributed by atoms with Crippen molar-refractivity contribution in [1.82, 2.24) is 10.3 Å². The van der Waals surface area contributed by atoms with E-state index < -0.39 is 5.54 Å². The molecule has 1 heterocycles. The summed E-state index contributed by atoms with van der Waals surface area (Å²) in [6, 6.07) is 9.59. The maximum absolute atomic E-state index is 11.6. The van der Waals surface area contributed by atoms with Crippen LogP contribution < -0.4 is 15.8 Å². The highest BCUT2D eigenvalue weighted by Gasteiger charge is 2.29. The quantitative estimate of drug-likeness (QED) is 0.815. The second-order valence-electron chi connectivity index (χ2n) is 5.15. The topological polar surface area (TPSA) is 77.2 Å². The summed E-state index contributed by atoms with van der Waals surface area (Å²) in [6.07, 6.45) is 2.26. The molecule has 0 aliphatic rings. The van der Waals surface area contributed by atoms with Gasteiger partial charge in [-0.15, -0.1) is 0 Å². The molecule has 2 rings (SSSR count). The zero-order valence-corrected chi connectivity index (χ0v) is 12.4. The molecule has 0 saturated carbocycles. The minimum Gasteiger partial charge on any atom is -0.493 e. The molecular formula is C16H21N3O2. The minimum absolute atomic E-state index is 0.368. The number of nitrogens with two attached hydrogens (primary N) is 1. The van der Waals surface area contributed by atoms with Crippen molar-refractivity contribution >= 4 is 16.8 Å². The Kier molecular flexibility index (Phi) is 4.75. The van der Waals surface area contributed by atoms with Crippen LogP contribution in [0.25, 0.3) is 10.9 Å². The highest BCUT2D eigenvalue weighted by molar-refractivity contribution is 5.85. The second-order valence-corrected chi connectivity index (χ2v) is 5.15. The van der Waals surface area contributed by atoms with Crippen LogP contribution >= 0.6 is 0 Å². The van der Waals surface area contributed by atoms with E-state index in [1.165, 1.54) is 0 Å². The number of amides is 1. The van der Waals surface area contributed by atoms with E-state index in [1.807, 2.05) is 37.3 Å². The van der Waals surface area contributed by atoms with E-state index in [1.54, 1.807) is 13.1 Å². The SMILES string of the molecule is CCNC(C)(CCOc1cccc2ncccc12)C(N)=O. The summed E-state index contributed by atoms with van der Waals surface area (Å²) >= 11 is 0. The fourth-order valence-corrected chi connectivity index (χ4v) is 2.25. The molecule has 1 atom stereocenters. The van der Waals surface area contributed by atoms with Gasteiger partial charge in [0.2, 0.25) is 5.91 Å². The molecule has 5 heteroatoms. The number of carbonyl (C=O) groups excluding carboxylic acids is 1. The van der Waals surface area contributed by atoms with Gasteiger partial charge in [0, 0.05) is 18.0 Å². The Morgan fingerprint density at radius 1 is 1.38 bits per heavy atom. The Labute approximate surface area is 124 Å². The number of nitrogens with one attached hydrogen (secondary N) is 1. The monoisotopic (exact) mass is 287 g/mol. The van der Waals surface area contributed by atoms with Gasteiger partial charge in [-0.1, -0.05) is 13.0 Å². The van der Waals surface area contributed by atoms with Gasteiger partial charge in [-0.2, -0.15) is 0 Å². The lowest BCUT2D eigenvalue weighted by atomic mass is 9.97. The van der Waals surface area contributed by atoms with Gasteiger partial charge in [0.1, 0.15) is 5.75 Å². The van der Waals surface area contributed by atoms with Gasteiger partial charge in [-0.3, -0.25) is 9.78 Å². The summed E-state index contributed by atoms with van der Waals surface area (Å²) in [7, 11) is 0. The minimum atomic E-state index is -0.752. The molecule has 0 radical (unpaired) electrons. The van der Waals surface area contributed by atoms with Gasteiger partial charge in [-0.25, -0.2) is 0 Å². The number of fused-ring (bicyclic) bond motifs is 1. The number of benzene rings is 1. The second kappa shape index (κ2) is 6.54. The maximum Gasteiger partial charge on any atom is 0.237 e. The number of hydrogen-bond acceptors (Lipinski definition) is 4. The molecule has 0 spiro atoms. The Morgan fingerprint density at radius 3 is 2.90 bits per heavy atom. The number of rotatable bonds is 7. The van der Waals surface area contributed by atoms with Gasteiger partial charge < -0.3 is 15.8 Å². The fraction of sp³-hybridized carbons (Fsp3) is 0.375. The van der Waals surface area contributed by atoms with E-state index in [4.69, 9.17) is 10.5 Å². The number of hydrogen-bond donors (Lipinski definition) is 2. The van der Waals surface area contributed by atoms with E-state index >= 15 is 0 Å². The van der Waals surface area contributed by atoms with Crippen LogP contribution in [-0.4, -0.2) is 29.6 Å². The Morgan fingerprint density at radius 2 is 2.19 bits per heavy atom. The summed E-state index contributed by atoms with van der Waals surface area (Å²) in [5.41, 5.74) is 5.60. The van der Waals surface area contributed by atoms with Crippen molar-refractivity contribution in [3.63, 3.8) is 0 Å². The van der Waals surface area contributed by atoms with Crippen molar-refractivity contribution in [3.05, 3.63) is 36.5 Å². The number of nitrogens with zero attached hydrogens (tertiary/aromatic N) is 1. The lowest BCUT2D eigenvalue weighted by Gasteiger charge is -2.26. The van der Waals surface area contributed by atoms with Crippen molar-refractivity contribution < 1.29 is 9.53 Å². The Bertz CT molecular complexity index is 624. The lowest BCUT2D eigenvalue weighted by molar-refractivity contribution is -0.124. The molecule has 2 aromatic rings. The van der Waals surface area contributed by atoms with Crippen LogP contribution in [0.2, 0.25) is 0 Å². The van der Waals surface area contributed by atoms with Crippen LogP contribution in [0.5, 0.6) is 5.75 Å². The van der Waals surface area contributed by atoms with Crippen LogP contribution in [0.1, 0.15) is 20.3 Å². The predicted octanol–water partition coefficient (Wildman–Crippen LogP) is 1.86. The van der Waals surface area contributed by atoms with Gasteiger partial charge in [-0.05, 0) is 37.7 Å². The van der Waals surface area contributed by atoms with Crippen LogP contribution in [0, 0.1) is 0 Å². The average Bonchev–Trinajstić information content (AvgIpc) is 2.47. The van der Waals surface area contributed by atoms with E-state index in [-0.39, 0.29) is 5.91 Å².